The zero-order chi connectivity index (χ0) is 13.8. The number of aromatic carboxylic acids is 1. The lowest BCUT2D eigenvalue weighted by atomic mass is 10.2. The Morgan fingerprint density at radius 3 is 2.74 bits per heavy atom. The third-order valence-corrected chi connectivity index (χ3v) is 3.61. The first-order chi connectivity index (χ1) is 9.11. The summed E-state index contributed by atoms with van der Waals surface area (Å²) in [6.07, 6.45) is 1.82. The van der Waals surface area contributed by atoms with Crippen LogP contribution in [0.1, 0.15) is 16.1 Å². The van der Waals surface area contributed by atoms with Gasteiger partial charge in [0.25, 0.3) is 0 Å². The van der Waals surface area contributed by atoms with E-state index in [1.807, 2.05) is 22.9 Å². The number of aryl methyl sites for hydroxylation is 1. The van der Waals surface area contributed by atoms with Crippen LogP contribution in [0.25, 0.3) is 0 Å². The molecule has 0 N–H and O–H groups in total. The Hall–Kier alpha value is -2.14. The van der Waals surface area contributed by atoms with Crippen LogP contribution in [0.4, 0.5) is 5.69 Å². The number of benzene rings is 1. The van der Waals surface area contributed by atoms with E-state index in [0.29, 0.717) is 12.2 Å². The second-order valence-electron chi connectivity index (χ2n) is 4.01. The monoisotopic (exact) mass is 273 g/mol. The molecule has 0 spiro atoms. The molecule has 0 bridgehead atoms. The Kier molecular flexibility index (Phi) is 3.97. The van der Waals surface area contributed by atoms with Crippen LogP contribution in [-0.2, 0) is 6.54 Å². The highest BCUT2D eigenvalue weighted by Crippen LogP contribution is 2.12. The van der Waals surface area contributed by atoms with E-state index in [4.69, 9.17) is 0 Å². The number of carboxylic acids is 1. The van der Waals surface area contributed by atoms with E-state index in [9.17, 15) is 9.90 Å². The number of carboxylic acid groups (broad SMARTS) is 1. The van der Waals surface area contributed by atoms with Crippen molar-refractivity contribution in [2.45, 2.75) is 13.5 Å². The summed E-state index contributed by atoms with van der Waals surface area (Å²) < 4.78 is 2.05. The molecule has 0 aliphatic carbocycles. The summed E-state index contributed by atoms with van der Waals surface area (Å²) in [7, 11) is 0. The molecular weight excluding hydrogens is 260 g/mol. The first-order valence-corrected chi connectivity index (χ1v) is 6.61. The molecule has 19 heavy (non-hydrogen) atoms. The summed E-state index contributed by atoms with van der Waals surface area (Å²) in [5.41, 5.74) is 1.99. The van der Waals surface area contributed by atoms with Gasteiger partial charge >= 0.3 is 0 Å². The first kappa shape index (κ1) is 13.3. The molecule has 0 saturated carbocycles. The second kappa shape index (κ2) is 5.67. The predicted octanol–water partition coefficient (Wildman–Crippen LogP) is 1.64. The zero-order valence-corrected chi connectivity index (χ0v) is 11.3. The topological polar surface area (TPSA) is 57.4 Å². The van der Waals surface area contributed by atoms with E-state index in [1.54, 1.807) is 23.5 Å². The number of rotatable bonds is 4. The molecule has 98 valence electrons. The van der Waals surface area contributed by atoms with Crippen LogP contribution >= 0.6 is 11.3 Å². The highest BCUT2D eigenvalue weighted by atomic mass is 32.1. The van der Waals surface area contributed by atoms with E-state index >= 15 is 0 Å². The molecule has 0 fully saturated rings. The van der Waals surface area contributed by atoms with Gasteiger partial charge in [-0.05, 0) is 24.6 Å². The molecule has 0 saturated heterocycles. The Balaban J connectivity index is 2.40. The molecule has 0 aliphatic heterocycles. The number of carbonyl (C=O) groups is 1. The molecule has 1 heterocycles. The molecule has 1 aromatic carbocycles. The molecule has 2 rings (SSSR count). The zero-order valence-electron chi connectivity index (χ0n) is 10.5. The lowest BCUT2D eigenvalue weighted by molar-refractivity contribution is -0.255. The van der Waals surface area contributed by atoms with Crippen molar-refractivity contribution >= 4 is 23.0 Å². The van der Waals surface area contributed by atoms with Gasteiger partial charge in [-0.15, -0.1) is 17.9 Å². The molecular formula is C14H13N2O2S-. The van der Waals surface area contributed by atoms with E-state index in [0.717, 1.165) is 10.5 Å². The van der Waals surface area contributed by atoms with Crippen LogP contribution in [0.2, 0.25) is 0 Å². The summed E-state index contributed by atoms with van der Waals surface area (Å²) in [5.74, 6) is -1.18. The van der Waals surface area contributed by atoms with Gasteiger partial charge in [-0.2, -0.15) is 0 Å². The van der Waals surface area contributed by atoms with Crippen LogP contribution in [0.3, 0.4) is 0 Å². The van der Waals surface area contributed by atoms with Gasteiger partial charge in [-0.25, -0.2) is 4.99 Å². The first-order valence-electron chi connectivity index (χ1n) is 5.74. The maximum Gasteiger partial charge on any atom is 0.190 e. The molecule has 5 heteroatoms. The van der Waals surface area contributed by atoms with Crippen molar-refractivity contribution in [3.05, 3.63) is 58.4 Å². The summed E-state index contributed by atoms with van der Waals surface area (Å²) in [4.78, 5) is 16.0. The minimum Gasteiger partial charge on any atom is -0.545 e. The van der Waals surface area contributed by atoms with Crippen molar-refractivity contribution in [3.8, 4) is 0 Å². The average Bonchev–Trinajstić information content (AvgIpc) is 2.73. The number of aromatic nitrogens is 1. The maximum atomic E-state index is 10.7. The van der Waals surface area contributed by atoms with Crippen LogP contribution < -0.4 is 9.91 Å². The number of nitrogens with zero attached hydrogens (tertiary/aromatic N) is 2. The summed E-state index contributed by atoms with van der Waals surface area (Å²) in [5, 5.41) is 12.7. The highest BCUT2D eigenvalue weighted by molar-refractivity contribution is 7.07. The van der Waals surface area contributed by atoms with E-state index in [1.165, 1.54) is 12.1 Å². The van der Waals surface area contributed by atoms with Crippen molar-refractivity contribution in [1.29, 1.82) is 0 Å². The van der Waals surface area contributed by atoms with Gasteiger partial charge in [0.2, 0.25) is 0 Å². The van der Waals surface area contributed by atoms with Crippen LogP contribution in [0.15, 0.2) is 47.3 Å². The fourth-order valence-electron chi connectivity index (χ4n) is 1.64. The molecule has 0 atom stereocenters. The van der Waals surface area contributed by atoms with Gasteiger partial charge in [0.05, 0.1) is 11.7 Å². The third-order valence-electron chi connectivity index (χ3n) is 2.63. The Morgan fingerprint density at radius 1 is 1.47 bits per heavy atom. The average molecular weight is 273 g/mol. The second-order valence-corrected chi connectivity index (χ2v) is 4.84. The van der Waals surface area contributed by atoms with E-state index < -0.39 is 5.97 Å². The summed E-state index contributed by atoms with van der Waals surface area (Å²) >= 11 is 1.54. The SMILES string of the molecule is C=CCn1c(C)csc1=Nc1ccc(C(=O)[O-])cc1. The van der Waals surface area contributed by atoms with Crippen LogP contribution in [0.5, 0.6) is 0 Å². The molecule has 0 aliphatic rings. The molecule has 1 aromatic heterocycles. The maximum absolute atomic E-state index is 10.7. The Morgan fingerprint density at radius 2 is 2.16 bits per heavy atom. The Labute approximate surface area is 115 Å². The van der Waals surface area contributed by atoms with Gasteiger partial charge < -0.3 is 14.5 Å². The normalized spacial score (nSPS) is 11.5. The molecule has 2 aromatic rings. The van der Waals surface area contributed by atoms with Gasteiger partial charge in [0.15, 0.2) is 4.80 Å². The fourth-order valence-corrected chi connectivity index (χ4v) is 2.54. The molecule has 4 nitrogen and oxygen atoms in total. The highest BCUT2D eigenvalue weighted by Gasteiger charge is 1.99. The smallest absolute Gasteiger partial charge is 0.190 e. The van der Waals surface area contributed by atoms with Crippen molar-refractivity contribution in [3.63, 3.8) is 0 Å². The predicted molar refractivity (Wildman–Crippen MR) is 73.2 cm³/mol. The van der Waals surface area contributed by atoms with Crippen molar-refractivity contribution in [2.24, 2.45) is 4.99 Å². The molecule has 0 radical (unpaired) electrons. The number of hydrogen-bond acceptors (Lipinski definition) is 4. The third kappa shape index (κ3) is 3.00. The molecule has 0 amide bonds. The minimum atomic E-state index is -1.18. The van der Waals surface area contributed by atoms with Crippen LogP contribution in [-0.4, -0.2) is 10.5 Å². The number of allylic oxidation sites excluding steroid dienone is 1. The van der Waals surface area contributed by atoms with Crippen molar-refractivity contribution in [2.75, 3.05) is 0 Å². The van der Waals surface area contributed by atoms with Crippen molar-refractivity contribution in [1.82, 2.24) is 4.57 Å². The van der Waals surface area contributed by atoms with E-state index in [-0.39, 0.29) is 5.56 Å². The van der Waals surface area contributed by atoms with Crippen molar-refractivity contribution < 1.29 is 9.90 Å². The number of thiazole rings is 1. The lowest BCUT2D eigenvalue weighted by Crippen LogP contribution is -2.21. The van der Waals surface area contributed by atoms with Gasteiger partial charge in [0, 0.05) is 17.6 Å². The van der Waals surface area contributed by atoms with Gasteiger partial charge in [0.1, 0.15) is 0 Å². The van der Waals surface area contributed by atoms with Crippen LogP contribution in [0, 0.1) is 6.92 Å². The lowest BCUT2D eigenvalue weighted by Gasteiger charge is -2.03. The fraction of sp³-hybridized carbons (Fsp3) is 0.143. The largest absolute Gasteiger partial charge is 0.545 e. The quantitative estimate of drug-likeness (QED) is 0.795. The Bertz CT molecular complexity index is 665. The summed E-state index contributed by atoms with van der Waals surface area (Å²) in [6.45, 7) is 6.44. The minimum absolute atomic E-state index is 0.153. The number of hydrogen-bond donors (Lipinski definition) is 0. The van der Waals surface area contributed by atoms with Gasteiger partial charge in [-0.1, -0.05) is 18.2 Å². The standard InChI is InChI=1S/C14H14N2O2S/c1-3-8-16-10(2)9-19-14(16)15-12-6-4-11(5-7-12)13(17)18/h3-7,9H,1,8H2,2H3,(H,17,18)/p-1. The van der Waals surface area contributed by atoms with E-state index in [2.05, 4.69) is 11.6 Å². The van der Waals surface area contributed by atoms with Gasteiger partial charge in [-0.3, -0.25) is 0 Å². The molecule has 0 unspecified atom stereocenters. The number of carbonyl (C=O) groups excluding carboxylic acids is 1. The summed E-state index contributed by atoms with van der Waals surface area (Å²) in [6, 6.07) is 6.32.